The Bertz CT molecular complexity index is 493. The van der Waals surface area contributed by atoms with Gasteiger partial charge in [-0.15, -0.1) is 0 Å². The third-order valence-electron chi connectivity index (χ3n) is 5.45. The summed E-state index contributed by atoms with van der Waals surface area (Å²) in [5, 5.41) is 3.23. The molecule has 1 aromatic carbocycles. The first kappa shape index (κ1) is 15.5. The molecule has 1 unspecified atom stereocenters. The van der Waals surface area contributed by atoms with E-state index in [1.54, 1.807) is 0 Å². The molecule has 1 atom stereocenters. The number of carbonyl (C=O) groups excluding carboxylic acids is 1. The zero-order valence-electron chi connectivity index (χ0n) is 13.7. The number of amides is 1. The third kappa shape index (κ3) is 3.52. The minimum absolute atomic E-state index is 0.162. The van der Waals surface area contributed by atoms with E-state index < -0.39 is 0 Å². The van der Waals surface area contributed by atoms with E-state index in [9.17, 15) is 4.79 Å². The number of hydrogen-bond acceptors (Lipinski definition) is 2. The zero-order chi connectivity index (χ0) is 15.4. The normalized spacial score (nSPS) is 24.5. The predicted molar refractivity (Wildman–Crippen MR) is 89.8 cm³/mol. The van der Waals surface area contributed by atoms with Crippen LogP contribution in [0.4, 0.5) is 0 Å². The summed E-state index contributed by atoms with van der Waals surface area (Å²) in [5.41, 5.74) is 1.55. The van der Waals surface area contributed by atoms with Crippen LogP contribution in [-0.4, -0.2) is 37.0 Å². The average molecular weight is 300 g/mol. The Labute approximate surface area is 134 Å². The van der Waals surface area contributed by atoms with Crippen LogP contribution in [0.15, 0.2) is 30.3 Å². The van der Waals surface area contributed by atoms with E-state index in [2.05, 4.69) is 47.5 Å². The molecule has 1 heterocycles. The minimum atomic E-state index is 0.162. The Morgan fingerprint density at radius 3 is 2.64 bits per heavy atom. The molecule has 3 nitrogen and oxygen atoms in total. The first-order valence-corrected chi connectivity index (χ1v) is 8.73. The summed E-state index contributed by atoms with van der Waals surface area (Å²) >= 11 is 0. The van der Waals surface area contributed by atoms with Gasteiger partial charge in [0.15, 0.2) is 0 Å². The number of hydrogen-bond donors (Lipinski definition) is 1. The molecule has 0 radical (unpaired) electrons. The number of rotatable bonds is 5. The fourth-order valence-corrected chi connectivity index (χ4v) is 4.11. The van der Waals surface area contributed by atoms with E-state index in [0.717, 1.165) is 25.6 Å². The van der Waals surface area contributed by atoms with E-state index >= 15 is 0 Å². The van der Waals surface area contributed by atoms with E-state index in [1.807, 2.05) is 0 Å². The van der Waals surface area contributed by atoms with Gasteiger partial charge < -0.3 is 5.32 Å². The molecule has 0 aromatic heterocycles. The summed E-state index contributed by atoms with van der Waals surface area (Å²) in [7, 11) is 0. The molecule has 3 heteroatoms. The summed E-state index contributed by atoms with van der Waals surface area (Å²) in [6.07, 6.45) is 6.15. The number of benzene rings is 1. The second-order valence-electron chi connectivity index (χ2n) is 7.26. The fourth-order valence-electron chi connectivity index (χ4n) is 4.11. The highest BCUT2D eigenvalue weighted by atomic mass is 16.2. The smallest absolute Gasteiger partial charge is 0.234 e. The highest BCUT2D eigenvalue weighted by Gasteiger charge is 2.35. The van der Waals surface area contributed by atoms with Crippen LogP contribution in [0.3, 0.4) is 0 Å². The quantitative estimate of drug-likeness (QED) is 0.907. The molecule has 1 saturated heterocycles. The minimum Gasteiger partial charge on any atom is -0.354 e. The van der Waals surface area contributed by atoms with Crippen LogP contribution in [0.1, 0.15) is 44.6 Å². The Hall–Kier alpha value is -1.35. The van der Waals surface area contributed by atoms with Crippen molar-refractivity contribution in [3.05, 3.63) is 35.9 Å². The Kier molecular flexibility index (Phi) is 4.82. The van der Waals surface area contributed by atoms with Crippen molar-refractivity contribution < 1.29 is 4.79 Å². The maximum atomic E-state index is 12.3. The molecule has 0 spiro atoms. The third-order valence-corrected chi connectivity index (χ3v) is 5.45. The Morgan fingerprint density at radius 2 is 2.00 bits per heavy atom. The lowest BCUT2D eigenvalue weighted by Gasteiger charge is -2.30. The van der Waals surface area contributed by atoms with Gasteiger partial charge in [-0.3, -0.25) is 9.69 Å². The number of nitrogens with one attached hydrogen (secondary N) is 1. The molecule has 2 fully saturated rings. The van der Waals surface area contributed by atoms with Crippen molar-refractivity contribution in [3.63, 3.8) is 0 Å². The van der Waals surface area contributed by atoms with Crippen molar-refractivity contribution in [3.8, 4) is 0 Å². The number of nitrogens with zero attached hydrogens (tertiary/aromatic N) is 1. The fraction of sp³-hybridized carbons (Fsp3) is 0.632. The van der Waals surface area contributed by atoms with E-state index in [-0.39, 0.29) is 11.3 Å². The van der Waals surface area contributed by atoms with Gasteiger partial charge in [-0.05, 0) is 37.3 Å². The van der Waals surface area contributed by atoms with Gasteiger partial charge in [-0.1, -0.05) is 50.1 Å². The van der Waals surface area contributed by atoms with Crippen LogP contribution >= 0.6 is 0 Å². The van der Waals surface area contributed by atoms with Crippen LogP contribution in [0.25, 0.3) is 0 Å². The molecular formula is C19H28N2O. The predicted octanol–water partition coefficient (Wildman–Crippen LogP) is 2.96. The summed E-state index contributed by atoms with van der Waals surface area (Å²) in [5.74, 6) is 0.926. The molecule has 1 aromatic rings. The second-order valence-corrected chi connectivity index (χ2v) is 7.26. The largest absolute Gasteiger partial charge is 0.354 e. The van der Waals surface area contributed by atoms with Crippen LogP contribution in [0.5, 0.6) is 0 Å². The summed E-state index contributed by atoms with van der Waals surface area (Å²) in [4.78, 5) is 14.6. The molecule has 1 aliphatic carbocycles. The van der Waals surface area contributed by atoms with E-state index in [0.29, 0.717) is 6.54 Å². The van der Waals surface area contributed by atoms with Gasteiger partial charge in [0.05, 0.1) is 6.54 Å². The van der Waals surface area contributed by atoms with Gasteiger partial charge in [0.2, 0.25) is 5.91 Å². The first-order valence-electron chi connectivity index (χ1n) is 8.73. The molecule has 1 saturated carbocycles. The van der Waals surface area contributed by atoms with Gasteiger partial charge in [0.1, 0.15) is 0 Å². The highest BCUT2D eigenvalue weighted by molar-refractivity contribution is 5.78. The van der Waals surface area contributed by atoms with Gasteiger partial charge in [-0.25, -0.2) is 0 Å². The summed E-state index contributed by atoms with van der Waals surface area (Å²) in [6.45, 7) is 5.75. The van der Waals surface area contributed by atoms with Crippen molar-refractivity contribution in [1.29, 1.82) is 0 Å². The zero-order valence-corrected chi connectivity index (χ0v) is 13.7. The van der Waals surface area contributed by atoms with E-state index in [4.69, 9.17) is 0 Å². The van der Waals surface area contributed by atoms with Crippen molar-refractivity contribution >= 4 is 5.91 Å². The lowest BCUT2D eigenvalue weighted by molar-refractivity contribution is -0.122. The SMILES string of the molecule is CC1CCN(CC(=O)NCC2(c3ccccc3)CCCC2)C1. The van der Waals surface area contributed by atoms with Crippen molar-refractivity contribution in [2.45, 2.75) is 44.4 Å². The van der Waals surface area contributed by atoms with Gasteiger partial charge in [-0.2, -0.15) is 0 Å². The number of likely N-dealkylation sites (tertiary alicyclic amines) is 1. The molecule has 3 rings (SSSR count). The molecule has 0 bridgehead atoms. The van der Waals surface area contributed by atoms with Crippen LogP contribution < -0.4 is 5.32 Å². The maximum Gasteiger partial charge on any atom is 0.234 e. The molecular weight excluding hydrogens is 272 g/mol. The molecule has 120 valence electrons. The van der Waals surface area contributed by atoms with Crippen LogP contribution in [0, 0.1) is 5.92 Å². The topological polar surface area (TPSA) is 32.3 Å². The Balaban J connectivity index is 1.57. The van der Waals surface area contributed by atoms with E-state index in [1.165, 1.54) is 37.7 Å². The first-order chi connectivity index (χ1) is 10.7. The van der Waals surface area contributed by atoms with Crippen molar-refractivity contribution in [2.75, 3.05) is 26.2 Å². The lowest BCUT2D eigenvalue weighted by Crippen LogP contribution is -2.43. The Morgan fingerprint density at radius 1 is 1.27 bits per heavy atom. The number of carbonyl (C=O) groups is 1. The maximum absolute atomic E-state index is 12.3. The molecule has 2 aliphatic rings. The van der Waals surface area contributed by atoms with Gasteiger partial charge in [0, 0.05) is 18.5 Å². The molecule has 1 aliphatic heterocycles. The molecule has 1 N–H and O–H groups in total. The average Bonchev–Trinajstić information content (AvgIpc) is 3.16. The summed E-state index contributed by atoms with van der Waals surface area (Å²) in [6, 6.07) is 10.7. The van der Waals surface area contributed by atoms with Crippen LogP contribution in [-0.2, 0) is 10.2 Å². The lowest BCUT2D eigenvalue weighted by atomic mass is 9.79. The monoisotopic (exact) mass is 300 g/mol. The van der Waals surface area contributed by atoms with Crippen molar-refractivity contribution in [1.82, 2.24) is 10.2 Å². The molecule has 22 heavy (non-hydrogen) atoms. The second kappa shape index (κ2) is 6.82. The van der Waals surface area contributed by atoms with Gasteiger partial charge in [0.25, 0.3) is 0 Å². The van der Waals surface area contributed by atoms with Crippen molar-refractivity contribution in [2.24, 2.45) is 5.92 Å². The molecule has 1 amide bonds. The standard InChI is InChI=1S/C19H28N2O/c1-16-9-12-21(13-16)14-18(22)20-15-19(10-5-6-11-19)17-7-3-2-4-8-17/h2-4,7-8,16H,5-6,9-15H2,1H3,(H,20,22). The highest BCUT2D eigenvalue weighted by Crippen LogP contribution is 2.40. The summed E-state index contributed by atoms with van der Waals surface area (Å²) < 4.78 is 0. The van der Waals surface area contributed by atoms with Crippen LogP contribution in [0.2, 0.25) is 0 Å². The van der Waals surface area contributed by atoms with Gasteiger partial charge >= 0.3 is 0 Å².